The first-order chi connectivity index (χ1) is 6.02. The van der Waals surface area contributed by atoms with E-state index in [2.05, 4.69) is 4.98 Å². The molecule has 0 saturated heterocycles. The largest absolute Gasteiger partial charge is 0.447 e. The maximum Gasteiger partial charge on any atom is 0.213 e. The van der Waals surface area contributed by atoms with Crippen molar-refractivity contribution in [3.8, 4) is 0 Å². The van der Waals surface area contributed by atoms with Gasteiger partial charge >= 0.3 is 0 Å². The molecule has 0 fully saturated rings. The summed E-state index contributed by atoms with van der Waals surface area (Å²) in [5.74, 6) is 0.501. The topological polar surface area (TPSA) is 72.3 Å². The van der Waals surface area contributed by atoms with Gasteiger partial charge in [-0.05, 0) is 12.8 Å². The third-order valence-corrected chi connectivity index (χ3v) is 1.97. The van der Waals surface area contributed by atoms with Gasteiger partial charge in [0, 0.05) is 0 Å². The molecule has 0 spiro atoms. The second-order valence-corrected chi connectivity index (χ2v) is 3.59. The monoisotopic (exact) mass is 184 g/mol. The van der Waals surface area contributed by atoms with E-state index in [1.54, 1.807) is 0 Å². The highest BCUT2D eigenvalue weighted by Gasteiger charge is 2.23. The van der Waals surface area contributed by atoms with Crippen LogP contribution in [0.2, 0.25) is 0 Å². The van der Waals surface area contributed by atoms with Crippen LogP contribution in [-0.4, -0.2) is 16.2 Å². The van der Waals surface area contributed by atoms with Gasteiger partial charge in [-0.1, -0.05) is 13.8 Å². The van der Waals surface area contributed by atoms with E-state index in [1.807, 2.05) is 20.8 Å². The summed E-state index contributed by atoms with van der Waals surface area (Å²) >= 11 is 0. The molecule has 0 saturated carbocycles. The van der Waals surface area contributed by atoms with Crippen LogP contribution in [0.3, 0.4) is 0 Å². The van der Waals surface area contributed by atoms with E-state index in [4.69, 9.17) is 10.2 Å². The number of oxazole rings is 1. The van der Waals surface area contributed by atoms with Crippen molar-refractivity contribution < 1.29 is 9.52 Å². The zero-order valence-electron chi connectivity index (χ0n) is 8.19. The fourth-order valence-electron chi connectivity index (χ4n) is 1.09. The lowest BCUT2D eigenvalue weighted by molar-refractivity contribution is 0.0879. The highest BCUT2D eigenvalue weighted by Crippen LogP contribution is 2.18. The molecule has 0 amide bonds. The molecule has 4 nitrogen and oxygen atoms in total. The SMILES string of the molecule is Cc1coc(C(N)C(O)C(C)C)n1. The lowest BCUT2D eigenvalue weighted by Gasteiger charge is -2.18. The Morgan fingerprint density at radius 1 is 1.54 bits per heavy atom. The summed E-state index contributed by atoms with van der Waals surface area (Å²) in [6, 6.07) is -0.534. The molecule has 4 heteroatoms. The van der Waals surface area contributed by atoms with Crippen LogP contribution in [0.15, 0.2) is 10.7 Å². The molecule has 1 aromatic heterocycles. The Hall–Kier alpha value is -0.870. The van der Waals surface area contributed by atoms with Gasteiger partial charge in [-0.25, -0.2) is 4.98 Å². The Morgan fingerprint density at radius 2 is 2.15 bits per heavy atom. The van der Waals surface area contributed by atoms with Gasteiger partial charge in [0.2, 0.25) is 5.89 Å². The molecule has 2 atom stereocenters. The summed E-state index contributed by atoms with van der Waals surface area (Å²) in [6.07, 6.45) is 0.917. The van der Waals surface area contributed by atoms with Crippen molar-refractivity contribution in [2.24, 2.45) is 11.7 Å². The number of aliphatic hydroxyl groups excluding tert-OH is 1. The van der Waals surface area contributed by atoms with E-state index in [0.717, 1.165) is 5.69 Å². The van der Waals surface area contributed by atoms with Crippen LogP contribution in [0.1, 0.15) is 31.5 Å². The molecule has 0 aromatic carbocycles. The maximum atomic E-state index is 9.63. The van der Waals surface area contributed by atoms with Gasteiger partial charge in [0.15, 0.2) is 0 Å². The number of hydrogen-bond acceptors (Lipinski definition) is 4. The number of aryl methyl sites for hydroxylation is 1. The molecule has 2 unspecified atom stereocenters. The van der Waals surface area contributed by atoms with E-state index in [0.29, 0.717) is 5.89 Å². The minimum absolute atomic E-state index is 0.0993. The first-order valence-electron chi connectivity index (χ1n) is 4.38. The second kappa shape index (κ2) is 3.89. The predicted octanol–water partition coefficient (Wildman–Crippen LogP) is 1.000. The van der Waals surface area contributed by atoms with Crippen LogP contribution in [0.25, 0.3) is 0 Å². The van der Waals surface area contributed by atoms with E-state index in [1.165, 1.54) is 6.26 Å². The van der Waals surface area contributed by atoms with Gasteiger partial charge in [-0.2, -0.15) is 0 Å². The van der Waals surface area contributed by atoms with E-state index < -0.39 is 12.1 Å². The summed E-state index contributed by atoms with van der Waals surface area (Å²) in [6.45, 7) is 5.63. The van der Waals surface area contributed by atoms with Crippen molar-refractivity contribution in [1.29, 1.82) is 0 Å². The third kappa shape index (κ3) is 2.29. The van der Waals surface area contributed by atoms with Crippen molar-refractivity contribution in [2.75, 3.05) is 0 Å². The lowest BCUT2D eigenvalue weighted by atomic mass is 10.0. The maximum absolute atomic E-state index is 9.63. The van der Waals surface area contributed by atoms with Crippen molar-refractivity contribution in [3.63, 3.8) is 0 Å². The van der Waals surface area contributed by atoms with E-state index in [9.17, 15) is 5.11 Å². The van der Waals surface area contributed by atoms with Crippen LogP contribution in [0.4, 0.5) is 0 Å². The van der Waals surface area contributed by atoms with Gasteiger partial charge in [-0.15, -0.1) is 0 Å². The average molecular weight is 184 g/mol. The summed E-state index contributed by atoms with van der Waals surface area (Å²) in [4.78, 5) is 4.06. The highest BCUT2D eigenvalue weighted by atomic mass is 16.3. The number of aromatic nitrogens is 1. The smallest absolute Gasteiger partial charge is 0.213 e. The van der Waals surface area contributed by atoms with E-state index >= 15 is 0 Å². The van der Waals surface area contributed by atoms with E-state index in [-0.39, 0.29) is 5.92 Å². The number of aliphatic hydroxyl groups is 1. The Morgan fingerprint density at radius 3 is 2.54 bits per heavy atom. The molecular weight excluding hydrogens is 168 g/mol. The number of hydrogen-bond donors (Lipinski definition) is 2. The molecular formula is C9H16N2O2. The summed E-state index contributed by atoms with van der Waals surface area (Å²) in [5, 5.41) is 9.63. The van der Waals surface area contributed by atoms with Crippen molar-refractivity contribution in [2.45, 2.75) is 32.9 Å². The molecule has 1 heterocycles. The zero-order chi connectivity index (χ0) is 10.0. The molecule has 1 rings (SSSR count). The van der Waals surface area contributed by atoms with Crippen LogP contribution in [0.5, 0.6) is 0 Å². The minimum atomic E-state index is -0.613. The van der Waals surface area contributed by atoms with Gasteiger partial charge in [0.25, 0.3) is 0 Å². The molecule has 1 aromatic rings. The normalized spacial score (nSPS) is 16.2. The second-order valence-electron chi connectivity index (χ2n) is 3.59. The van der Waals surface area contributed by atoms with Gasteiger partial charge in [0.05, 0.1) is 11.8 Å². The quantitative estimate of drug-likeness (QED) is 0.735. The van der Waals surface area contributed by atoms with Gasteiger partial charge < -0.3 is 15.3 Å². The predicted molar refractivity (Wildman–Crippen MR) is 49.0 cm³/mol. The Kier molecular flexibility index (Phi) is 3.06. The van der Waals surface area contributed by atoms with Crippen molar-refractivity contribution in [3.05, 3.63) is 17.8 Å². The zero-order valence-corrected chi connectivity index (χ0v) is 8.19. The molecule has 74 valence electrons. The van der Waals surface area contributed by atoms with Crippen LogP contribution in [0, 0.1) is 12.8 Å². The molecule has 3 N–H and O–H groups in total. The molecule has 0 aliphatic heterocycles. The summed E-state index contributed by atoms with van der Waals surface area (Å²) in [5.41, 5.74) is 6.53. The number of nitrogens with two attached hydrogens (primary N) is 1. The van der Waals surface area contributed by atoms with Crippen LogP contribution < -0.4 is 5.73 Å². The molecule has 0 aliphatic carbocycles. The minimum Gasteiger partial charge on any atom is -0.447 e. The highest BCUT2D eigenvalue weighted by molar-refractivity contribution is 4.99. The first kappa shape index (κ1) is 10.2. The third-order valence-electron chi connectivity index (χ3n) is 1.97. The fourth-order valence-corrected chi connectivity index (χ4v) is 1.09. The van der Waals surface area contributed by atoms with Gasteiger partial charge in [0.1, 0.15) is 12.3 Å². The Balaban J connectivity index is 2.73. The lowest BCUT2D eigenvalue weighted by Crippen LogP contribution is -2.30. The van der Waals surface area contributed by atoms with Crippen LogP contribution >= 0.6 is 0 Å². The standard InChI is InChI=1S/C9H16N2O2/c1-5(2)8(12)7(10)9-11-6(3)4-13-9/h4-5,7-8,12H,10H2,1-3H3. The number of rotatable bonds is 3. The molecule has 0 bridgehead atoms. The number of nitrogens with zero attached hydrogens (tertiary/aromatic N) is 1. The molecule has 13 heavy (non-hydrogen) atoms. The van der Waals surface area contributed by atoms with Gasteiger partial charge in [-0.3, -0.25) is 0 Å². The first-order valence-corrected chi connectivity index (χ1v) is 4.38. The average Bonchev–Trinajstić information content (AvgIpc) is 2.49. The Labute approximate surface area is 77.8 Å². The molecule has 0 radical (unpaired) electrons. The van der Waals surface area contributed by atoms with Crippen LogP contribution in [-0.2, 0) is 0 Å². The molecule has 0 aliphatic rings. The fraction of sp³-hybridized carbons (Fsp3) is 0.667. The summed E-state index contributed by atoms with van der Waals surface area (Å²) < 4.78 is 5.10. The van der Waals surface area contributed by atoms with Crippen molar-refractivity contribution in [1.82, 2.24) is 4.98 Å². The Bertz CT molecular complexity index is 270. The summed E-state index contributed by atoms with van der Waals surface area (Å²) in [7, 11) is 0. The van der Waals surface area contributed by atoms with Crippen molar-refractivity contribution >= 4 is 0 Å².